The van der Waals surface area contributed by atoms with Crippen LogP contribution in [0.1, 0.15) is 33.9 Å². The van der Waals surface area contributed by atoms with Crippen LogP contribution in [0.4, 0.5) is 5.69 Å². The van der Waals surface area contributed by atoms with Crippen molar-refractivity contribution in [2.45, 2.75) is 18.9 Å². The van der Waals surface area contributed by atoms with Gasteiger partial charge in [0.1, 0.15) is 0 Å². The summed E-state index contributed by atoms with van der Waals surface area (Å²) in [5, 5.41) is 6.21. The van der Waals surface area contributed by atoms with Crippen LogP contribution in [0.25, 0.3) is 5.52 Å². The van der Waals surface area contributed by atoms with E-state index in [1.807, 2.05) is 0 Å². The Kier molecular flexibility index (Phi) is 5.27. The monoisotopic (exact) mass is 398 g/mol. The van der Waals surface area contributed by atoms with E-state index < -0.39 is 5.91 Å². The molecule has 0 bridgehead atoms. The van der Waals surface area contributed by atoms with Gasteiger partial charge in [-0.1, -0.05) is 17.7 Å². The number of rotatable bonds is 5. The summed E-state index contributed by atoms with van der Waals surface area (Å²) in [6.07, 6.45) is 3.67. The van der Waals surface area contributed by atoms with E-state index in [9.17, 15) is 9.59 Å². The molecule has 1 aromatic carbocycles. The Hall–Kier alpha value is -2.90. The second-order valence-electron chi connectivity index (χ2n) is 6.55. The molecule has 7 nitrogen and oxygen atoms in total. The molecule has 2 N–H and O–H groups in total. The quantitative estimate of drug-likeness (QED) is 0.691. The Morgan fingerprint density at radius 3 is 2.75 bits per heavy atom. The van der Waals surface area contributed by atoms with Crippen molar-refractivity contribution in [2.75, 3.05) is 18.5 Å². The minimum atomic E-state index is -0.415. The van der Waals surface area contributed by atoms with Crippen LogP contribution in [-0.4, -0.2) is 40.5 Å². The number of halogens is 1. The third-order valence-electron chi connectivity index (χ3n) is 4.58. The molecule has 0 aliphatic carbocycles. The second-order valence-corrected chi connectivity index (χ2v) is 6.98. The molecule has 1 fully saturated rings. The zero-order valence-electron chi connectivity index (χ0n) is 15.0. The van der Waals surface area contributed by atoms with Gasteiger partial charge in [0.15, 0.2) is 5.69 Å². The van der Waals surface area contributed by atoms with E-state index in [2.05, 4.69) is 15.6 Å². The molecule has 3 heterocycles. The number of carbonyl (C=O) groups excluding carboxylic acids is 2. The van der Waals surface area contributed by atoms with E-state index >= 15 is 0 Å². The van der Waals surface area contributed by atoms with E-state index in [1.165, 1.54) is 0 Å². The molecule has 1 saturated heterocycles. The summed E-state index contributed by atoms with van der Waals surface area (Å²) in [5.41, 5.74) is 1.36. The van der Waals surface area contributed by atoms with Crippen molar-refractivity contribution in [3.8, 4) is 0 Å². The number of benzene rings is 1. The van der Waals surface area contributed by atoms with Gasteiger partial charge in [-0.2, -0.15) is 0 Å². The van der Waals surface area contributed by atoms with Crippen molar-refractivity contribution in [3.63, 3.8) is 0 Å². The number of carbonyl (C=O) groups is 2. The maximum absolute atomic E-state index is 12.7. The van der Waals surface area contributed by atoms with Crippen LogP contribution in [0.5, 0.6) is 0 Å². The summed E-state index contributed by atoms with van der Waals surface area (Å²) in [6.45, 7) is 1.15. The zero-order chi connectivity index (χ0) is 19.5. The van der Waals surface area contributed by atoms with E-state index in [1.54, 1.807) is 53.1 Å². The van der Waals surface area contributed by atoms with Gasteiger partial charge < -0.3 is 15.4 Å². The van der Waals surface area contributed by atoms with E-state index in [0.29, 0.717) is 22.8 Å². The number of ether oxygens (including phenoxy) is 1. The number of imidazole rings is 1. The van der Waals surface area contributed by atoms with Crippen molar-refractivity contribution in [1.82, 2.24) is 14.7 Å². The lowest BCUT2D eigenvalue weighted by atomic mass is 10.2. The molecule has 28 heavy (non-hydrogen) atoms. The standard InChI is InChI=1S/C20H19ClN4O3/c21-13-6-8-14(9-7-13)23-20(27)18-24-17(16-5-1-2-10-25(16)18)19(26)22-12-15-4-3-11-28-15/h1-2,5-10,15H,3-4,11-12H2,(H,22,26)(H,23,27). The second kappa shape index (κ2) is 8.00. The van der Waals surface area contributed by atoms with Crippen LogP contribution < -0.4 is 10.6 Å². The van der Waals surface area contributed by atoms with E-state index in [0.717, 1.165) is 19.4 Å². The Bertz CT molecular complexity index is 1010. The highest BCUT2D eigenvalue weighted by Crippen LogP contribution is 2.17. The molecule has 0 saturated carbocycles. The number of aromatic nitrogens is 2. The van der Waals surface area contributed by atoms with Crippen LogP contribution in [0.15, 0.2) is 48.7 Å². The minimum absolute atomic E-state index is 0.0329. The van der Waals surface area contributed by atoms with E-state index in [-0.39, 0.29) is 23.5 Å². The van der Waals surface area contributed by atoms with Gasteiger partial charge in [-0.25, -0.2) is 4.98 Å². The van der Waals surface area contributed by atoms with Gasteiger partial charge in [-0.15, -0.1) is 0 Å². The first-order chi connectivity index (χ1) is 13.6. The number of fused-ring (bicyclic) bond motifs is 1. The Balaban J connectivity index is 1.57. The van der Waals surface area contributed by atoms with Gasteiger partial charge in [0, 0.05) is 30.1 Å². The number of anilines is 1. The molecular formula is C20H19ClN4O3. The summed E-state index contributed by atoms with van der Waals surface area (Å²) >= 11 is 5.88. The summed E-state index contributed by atoms with van der Waals surface area (Å²) < 4.78 is 7.13. The number of nitrogens with one attached hydrogen (secondary N) is 2. The van der Waals surface area contributed by atoms with Crippen molar-refractivity contribution >= 4 is 34.6 Å². The van der Waals surface area contributed by atoms with Gasteiger partial charge in [-0.05, 0) is 49.2 Å². The fourth-order valence-corrected chi connectivity index (χ4v) is 3.31. The van der Waals surface area contributed by atoms with Gasteiger partial charge in [0.2, 0.25) is 5.82 Å². The largest absolute Gasteiger partial charge is 0.376 e. The highest BCUT2D eigenvalue weighted by Gasteiger charge is 2.23. The van der Waals surface area contributed by atoms with Crippen LogP contribution in [-0.2, 0) is 4.74 Å². The molecule has 8 heteroatoms. The van der Waals surface area contributed by atoms with Gasteiger partial charge in [0.25, 0.3) is 11.8 Å². The SMILES string of the molecule is O=C(NCC1CCCO1)c1nc(C(=O)Nc2ccc(Cl)cc2)n2ccccc12. The predicted octanol–water partition coefficient (Wildman–Crippen LogP) is 3.15. The Morgan fingerprint density at radius 2 is 2.00 bits per heavy atom. The Morgan fingerprint density at radius 1 is 1.18 bits per heavy atom. The molecule has 0 radical (unpaired) electrons. The maximum Gasteiger partial charge on any atom is 0.292 e. The van der Waals surface area contributed by atoms with Gasteiger partial charge >= 0.3 is 0 Å². The molecule has 144 valence electrons. The smallest absolute Gasteiger partial charge is 0.292 e. The average molecular weight is 399 g/mol. The van der Waals surface area contributed by atoms with Crippen molar-refractivity contribution in [1.29, 1.82) is 0 Å². The third kappa shape index (κ3) is 3.85. The lowest BCUT2D eigenvalue weighted by Gasteiger charge is -2.09. The molecule has 4 rings (SSSR count). The van der Waals surface area contributed by atoms with E-state index in [4.69, 9.17) is 16.3 Å². The lowest BCUT2D eigenvalue weighted by Crippen LogP contribution is -2.32. The first-order valence-corrected chi connectivity index (χ1v) is 9.43. The van der Waals surface area contributed by atoms with Gasteiger partial charge in [0.05, 0.1) is 11.6 Å². The number of hydrogen-bond donors (Lipinski definition) is 2. The molecule has 2 amide bonds. The van der Waals surface area contributed by atoms with Crippen molar-refractivity contribution in [2.24, 2.45) is 0 Å². The first kappa shape index (κ1) is 18.5. The predicted molar refractivity (Wildman–Crippen MR) is 106 cm³/mol. The highest BCUT2D eigenvalue weighted by atomic mass is 35.5. The molecule has 1 aliphatic rings. The topological polar surface area (TPSA) is 84.7 Å². The van der Waals surface area contributed by atoms with Crippen LogP contribution in [0, 0.1) is 0 Å². The molecular weight excluding hydrogens is 380 g/mol. The van der Waals surface area contributed by atoms with Gasteiger partial charge in [-0.3, -0.25) is 14.0 Å². The number of amides is 2. The van der Waals surface area contributed by atoms with Crippen LogP contribution >= 0.6 is 11.6 Å². The Labute approximate surface area is 166 Å². The number of pyridine rings is 1. The summed E-state index contributed by atoms with van der Waals surface area (Å²) in [7, 11) is 0. The molecule has 3 aromatic rings. The lowest BCUT2D eigenvalue weighted by molar-refractivity contribution is 0.0855. The average Bonchev–Trinajstić information content (AvgIpc) is 3.36. The minimum Gasteiger partial charge on any atom is -0.376 e. The third-order valence-corrected chi connectivity index (χ3v) is 4.83. The molecule has 1 atom stereocenters. The van der Waals surface area contributed by atoms with Crippen molar-refractivity contribution in [3.05, 3.63) is 65.2 Å². The summed E-state index contributed by atoms with van der Waals surface area (Å²) in [4.78, 5) is 29.7. The molecule has 2 aromatic heterocycles. The molecule has 1 aliphatic heterocycles. The molecule has 0 spiro atoms. The van der Waals surface area contributed by atoms with Crippen LogP contribution in [0.3, 0.4) is 0 Å². The number of nitrogens with zero attached hydrogens (tertiary/aromatic N) is 2. The number of hydrogen-bond acceptors (Lipinski definition) is 4. The van der Waals surface area contributed by atoms with Crippen LogP contribution in [0.2, 0.25) is 5.02 Å². The highest BCUT2D eigenvalue weighted by molar-refractivity contribution is 6.30. The normalized spacial score (nSPS) is 16.2. The van der Waals surface area contributed by atoms with Crippen molar-refractivity contribution < 1.29 is 14.3 Å². The summed E-state index contributed by atoms with van der Waals surface area (Å²) in [6, 6.07) is 12.1. The molecule has 1 unspecified atom stereocenters. The summed E-state index contributed by atoms with van der Waals surface area (Å²) in [5.74, 6) is -0.612. The first-order valence-electron chi connectivity index (χ1n) is 9.05. The zero-order valence-corrected chi connectivity index (χ0v) is 15.8. The fraction of sp³-hybridized carbons (Fsp3) is 0.250. The fourth-order valence-electron chi connectivity index (χ4n) is 3.18. The maximum atomic E-state index is 12.7.